The third-order valence-corrected chi connectivity index (χ3v) is 2.16. The van der Waals surface area contributed by atoms with Gasteiger partial charge in [-0.1, -0.05) is 11.6 Å². The normalized spacial score (nSPS) is 9.40. The monoisotopic (exact) mass is 224 g/mol. The summed E-state index contributed by atoms with van der Waals surface area (Å²) in [5.41, 5.74) is -0.403. The molecule has 1 rings (SSSR count). The summed E-state index contributed by atoms with van der Waals surface area (Å²) >= 11 is 5.66. The van der Waals surface area contributed by atoms with Crippen LogP contribution < -0.4 is 0 Å². The van der Waals surface area contributed by atoms with Crippen LogP contribution in [0.25, 0.3) is 0 Å². The van der Waals surface area contributed by atoms with Crippen molar-refractivity contribution >= 4 is 23.1 Å². The molecule has 0 bridgehead atoms. The molecule has 6 heteroatoms. The second kappa shape index (κ2) is 4.07. The standard InChI is InChI=1S/C9H5ClN2O3/c1-5(13)7-2-6(4-11)3-8(9(7)10)12(14)15/h2-3H,1H3. The lowest BCUT2D eigenvalue weighted by Crippen LogP contribution is -1.99. The maximum Gasteiger partial charge on any atom is 0.289 e. The molecule has 0 saturated heterocycles. The molecule has 0 saturated carbocycles. The SMILES string of the molecule is CC(=O)c1cc(C#N)cc([N+](=O)[O-])c1Cl. The van der Waals surface area contributed by atoms with Gasteiger partial charge in [-0.2, -0.15) is 5.26 Å². The van der Waals surface area contributed by atoms with Crippen LogP contribution in [0.4, 0.5) is 5.69 Å². The number of carbonyl (C=O) groups is 1. The van der Waals surface area contributed by atoms with Crippen LogP contribution in [0.1, 0.15) is 22.8 Å². The molecule has 0 spiro atoms. The number of Topliss-reactive ketones (excluding diaryl/α,β-unsaturated/α-hetero) is 1. The molecular weight excluding hydrogens is 220 g/mol. The van der Waals surface area contributed by atoms with E-state index in [2.05, 4.69) is 0 Å². The summed E-state index contributed by atoms with van der Waals surface area (Å²) < 4.78 is 0. The summed E-state index contributed by atoms with van der Waals surface area (Å²) in [6, 6.07) is 4.00. The number of benzene rings is 1. The molecule has 0 N–H and O–H groups in total. The molecule has 0 aromatic heterocycles. The number of hydrogen-bond donors (Lipinski definition) is 0. The Hall–Kier alpha value is -1.93. The van der Waals surface area contributed by atoms with Gasteiger partial charge in [-0.15, -0.1) is 0 Å². The molecule has 0 amide bonds. The van der Waals surface area contributed by atoms with Crippen molar-refractivity contribution in [1.82, 2.24) is 0 Å². The number of halogens is 1. The Balaban J connectivity index is 3.56. The van der Waals surface area contributed by atoms with Crippen molar-refractivity contribution in [1.29, 1.82) is 5.26 Å². The van der Waals surface area contributed by atoms with E-state index in [1.54, 1.807) is 6.07 Å². The maximum absolute atomic E-state index is 11.1. The first-order valence-electron chi connectivity index (χ1n) is 3.86. The topological polar surface area (TPSA) is 84.0 Å². The summed E-state index contributed by atoms with van der Waals surface area (Å²) in [5, 5.41) is 18.9. The number of ketones is 1. The van der Waals surface area contributed by atoms with Crippen molar-refractivity contribution in [3.63, 3.8) is 0 Å². The first kappa shape index (κ1) is 11.1. The molecule has 0 atom stereocenters. The molecule has 0 aliphatic heterocycles. The highest BCUT2D eigenvalue weighted by Crippen LogP contribution is 2.29. The smallest absolute Gasteiger partial charge is 0.289 e. The van der Waals surface area contributed by atoms with Gasteiger partial charge in [0.25, 0.3) is 5.69 Å². The van der Waals surface area contributed by atoms with Gasteiger partial charge in [-0.3, -0.25) is 14.9 Å². The molecule has 0 aliphatic carbocycles. The highest BCUT2D eigenvalue weighted by Gasteiger charge is 2.20. The van der Waals surface area contributed by atoms with Crippen molar-refractivity contribution in [3.05, 3.63) is 38.4 Å². The summed E-state index contributed by atoms with van der Waals surface area (Å²) in [6.45, 7) is 1.23. The largest absolute Gasteiger partial charge is 0.294 e. The second-order valence-corrected chi connectivity index (χ2v) is 3.16. The van der Waals surface area contributed by atoms with E-state index in [1.807, 2.05) is 0 Å². The van der Waals surface area contributed by atoms with Gasteiger partial charge in [-0.25, -0.2) is 0 Å². The molecule has 0 heterocycles. The number of hydrogen-bond acceptors (Lipinski definition) is 4. The molecular formula is C9H5ClN2O3. The minimum absolute atomic E-state index is 0.0117. The van der Waals surface area contributed by atoms with Crippen LogP contribution in [0.2, 0.25) is 5.02 Å². The predicted molar refractivity (Wildman–Crippen MR) is 52.8 cm³/mol. The molecule has 0 aliphatic rings. The summed E-state index contributed by atoms with van der Waals surface area (Å²) in [5.74, 6) is -0.416. The van der Waals surface area contributed by atoms with Gasteiger partial charge in [0.05, 0.1) is 16.6 Å². The first-order chi connectivity index (χ1) is 6.97. The fourth-order valence-corrected chi connectivity index (χ4v) is 1.37. The van der Waals surface area contributed by atoms with Crippen LogP contribution in [0.15, 0.2) is 12.1 Å². The molecule has 5 nitrogen and oxygen atoms in total. The fraction of sp³-hybridized carbons (Fsp3) is 0.111. The van der Waals surface area contributed by atoms with E-state index >= 15 is 0 Å². The summed E-state index contributed by atoms with van der Waals surface area (Å²) in [4.78, 5) is 20.9. The third kappa shape index (κ3) is 2.11. The van der Waals surface area contributed by atoms with Gasteiger partial charge in [0.2, 0.25) is 0 Å². The summed E-state index contributed by atoms with van der Waals surface area (Å²) in [7, 11) is 0. The van der Waals surface area contributed by atoms with Crippen LogP contribution >= 0.6 is 11.6 Å². The van der Waals surface area contributed by atoms with Crippen LogP contribution in [-0.4, -0.2) is 10.7 Å². The Morgan fingerprint density at radius 3 is 2.60 bits per heavy atom. The minimum Gasteiger partial charge on any atom is -0.294 e. The Labute approximate surface area is 90.0 Å². The van der Waals surface area contributed by atoms with Gasteiger partial charge in [0.1, 0.15) is 5.02 Å². The number of nitriles is 1. The highest BCUT2D eigenvalue weighted by molar-refractivity contribution is 6.36. The zero-order valence-corrected chi connectivity index (χ0v) is 8.41. The van der Waals surface area contributed by atoms with E-state index in [-0.39, 0.29) is 16.1 Å². The average molecular weight is 225 g/mol. The zero-order chi connectivity index (χ0) is 11.6. The van der Waals surface area contributed by atoms with E-state index in [0.717, 1.165) is 6.07 Å². The van der Waals surface area contributed by atoms with Crippen molar-refractivity contribution in [2.24, 2.45) is 0 Å². The lowest BCUT2D eigenvalue weighted by Gasteiger charge is -2.01. The van der Waals surface area contributed by atoms with Crippen LogP contribution in [0.5, 0.6) is 0 Å². The lowest BCUT2D eigenvalue weighted by atomic mass is 10.1. The Morgan fingerprint density at radius 1 is 1.60 bits per heavy atom. The molecule has 76 valence electrons. The van der Waals surface area contributed by atoms with Gasteiger partial charge in [0, 0.05) is 11.6 Å². The Bertz CT molecular complexity index is 456. The van der Waals surface area contributed by atoms with Gasteiger partial charge in [0.15, 0.2) is 5.78 Å². The predicted octanol–water partition coefficient (Wildman–Crippen LogP) is 2.32. The van der Waals surface area contributed by atoms with Crippen molar-refractivity contribution < 1.29 is 9.72 Å². The van der Waals surface area contributed by atoms with Crippen LogP contribution in [0, 0.1) is 21.4 Å². The number of nitro groups is 1. The molecule has 1 aromatic rings. The quantitative estimate of drug-likeness (QED) is 0.438. The average Bonchev–Trinajstić information content (AvgIpc) is 2.17. The van der Waals surface area contributed by atoms with Crippen molar-refractivity contribution in [3.8, 4) is 6.07 Å². The first-order valence-corrected chi connectivity index (χ1v) is 4.24. The van der Waals surface area contributed by atoms with Crippen molar-refractivity contribution in [2.75, 3.05) is 0 Å². The fourth-order valence-electron chi connectivity index (χ4n) is 1.06. The second-order valence-electron chi connectivity index (χ2n) is 2.78. The lowest BCUT2D eigenvalue weighted by molar-refractivity contribution is -0.384. The van der Waals surface area contributed by atoms with Crippen LogP contribution in [0.3, 0.4) is 0 Å². The van der Waals surface area contributed by atoms with Gasteiger partial charge in [-0.05, 0) is 13.0 Å². The Morgan fingerprint density at radius 2 is 2.20 bits per heavy atom. The van der Waals surface area contributed by atoms with E-state index in [4.69, 9.17) is 16.9 Å². The third-order valence-electron chi connectivity index (χ3n) is 1.76. The molecule has 0 radical (unpaired) electrons. The Kier molecular flexibility index (Phi) is 3.02. The molecule has 0 fully saturated rings. The number of carbonyl (C=O) groups excluding carboxylic acids is 1. The number of rotatable bonds is 2. The van der Waals surface area contributed by atoms with Crippen LogP contribution in [-0.2, 0) is 0 Å². The number of nitro benzene ring substituents is 1. The maximum atomic E-state index is 11.1. The summed E-state index contributed by atoms with van der Waals surface area (Å²) in [6.07, 6.45) is 0. The molecule has 15 heavy (non-hydrogen) atoms. The van der Waals surface area contributed by atoms with E-state index in [9.17, 15) is 14.9 Å². The van der Waals surface area contributed by atoms with E-state index in [0.29, 0.717) is 0 Å². The molecule has 1 aromatic carbocycles. The zero-order valence-electron chi connectivity index (χ0n) is 7.65. The highest BCUT2D eigenvalue weighted by atomic mass is 35.5. The number of nitrogens with zero attached hydrogens (tertiary/aromatic N) is 2. The van der Waals surface area contributed by atoms with Gasteiger partial charge >= 0.3 is 0 Å². The van der Waals surface area contributed by atoms with Crippen molar-refractivity contribution in [2.45, 2.75) is 6.92 Å². The van der Waals surface area contributed by atoms with Gasteiger partial charge < -0.3 is 0 Å². The minimum atomic E-state index is -0.727. The van der Waals surface area contributed by atoms with E-state index < -0.39 is 16.4 Å². The molecule has 0 unspecified atom stereocenters. The van der Waals surface area contributed by atoms with E-state index in [1.165, 1.54) is 13.0 Å².